The zero-order valence-electron chi connectivity index (χ0n) is 5.53. The highest BCUT2D eigenvalue weighted by Crippen LogP contribution is 2.57. The highest BCUT2D eigenvalue weighted by atomic mass is 16.4. The molecule has 3 heteroatoms. The molecule has 0 spiro atoms. The van der Waals surface area contributed by atoms with Crippen molar-refractivity contribution in [2.45, 2.75) is 18.9 Å². The summed E-state index contributed by atoms with van der Waals surface area (Å²) in [6, 6.07) is 0. The number of aliphatic carboxylic acids is 1. The predicted octanol–water partition coefficient (Wildman–Crippen LogP) is 0.0879. The molecule has 0 saturated heterocycles. The van der Waals surface area contributed by atoms with Crippen molar-refractivity contribution in [1.29, 1.82) is 0 Å². The fourth-order valence-electron chi connectivity index (χ4n) is 2.20. The number of rotatable bonds is 1. The van der Waals surface area contributed by atoms with Gasteiger partial charge < -0.3 is 10.2 Å². The number of carboxylic acid groups (broad SMARTS) is 1. The minimum Gasteiger partial charge on any atom is -0.481 e. The van der Waals surface area contributed by atoms with Gasteiger partial charge in [-0.1, -0.05) is 0 Å². The average Bonchev–Trinajstić information content (AvgIpc) is 2.48. The SMILES string of the molecule is O=C(O)C1[C@H]2[C@H](O)CC[C@@H]12. The predicted molar refractivity (Wildman–Crippen MR) is 33.3 cm³/mol. The maximum Gasteiger partial charge on any atom is 0.307 e. The smallest absolute Gasteiger partial charge is 0.307 e. The van der Waals surface area contributed by atoms with Gasteiger partial charge in [-0.3, -0.25) is 4.79 Å². The van der Waals surface area contributed by atoms with Crippen LogP contribution in [0.1, 0.15) is 12.8 Å². The van der Waals surface area contributed by atoms with Crippen molar-refractivity contribution in [1.82, 2.24) is 0 Å². The van der Waals surface area contributed by atoms with Gasteiger partial charge in [0, 0.05) is 5.92 Å². The van der Waals surface area contributed by atoms with E-state index in [1.165, 1.54) is 0 Å². The Labute approximate surface area is 58.7 Å². The number of fused-ring (bicyclic) bond motifs is 1. The van der Waals surface area contributed by atoms with E-state index in [0.29, 0.717) is 5.92 Å². The summed E-state index contributed by atoms with van der Waals surface area (Å²) in [6.07, 6.45) is 1.38. The van der Waals surface area contributed by atoms with E-state index < -0.39 is 5.97 Å². The number of carbonyl (C=O) groups is 1. The fourth-order valence-corrected chi connectivity index (χ4v) is 2.20. The Morgan fingerprint density at radius 1 is 1.40 bits per heavy atom. The first-order valence-corrected chi connectivity index (χ1v) is 3.62. The molecule has 2 fully saturated rings. The molecule has 2 aliphatic rings. The molecule has 0 aromatic heterocycles. The summed E-state index contributed by atoms with van der Waals surface area (Å²) in [5.74, 6) is -0.553. The van der Waals surface area contributed by atoms with Crippen molar-refractivity contribution in [2.24, 2.45) is 17.8 Å². The molecule has 0 amide bonds. The summed E-state index contributed by atoms with van der Waals surface area (Å²) in [6.45, 7) is 0. The molecular weight excluding hydrogens is 132 g/mol. The number of aliphatic hydroxyl groups is 1. The highest BCUT2D eigenvalue weighted by Gasteiger charge is 2.61. The lowest BCUT2D eigenvalue weighted by Gasteiger charge is -2.02. The van der Waals surface area contributed by atoms with Crippen LogP contribution < -0.4 is 0 Å². The van der Waals surface area contributed by atoms with Crippen LogP contribution in [-0.4, -0.2) is 22.3 Å². The van der Waals surface area contributed by atoms with E-state index in [9.17, 15) is 9.90 Å². The van der Waals surface area contributed by atoms with Gasteiger partial charge in [0.05, 0.1) is 12.0 Å². The molecule has 56 valence electrons. The zero-order valence-corrected chi connectivity index (χ0v) is 5.53. The minimum absolute atomic E-state index is 0.0949. The van der Waals surface area contributed by atoms with Crippen LogP contribution in [0.15, 0.2) is 0 Å². The van der Waals surface area contributed by atoms with Crippen LogP contribution >= 0.6 is 0 Å². The third kappa shape index (κ3) is 0.611. The van der Waals surface area contributed by atoms with Gasteiger partial charge in [0.15, 0.2) is 0 Å². The molecule has 0 aliphatic heterocycles. The molecule has 1 unspecified atom stereocenters. The van der Waals surface area contributed by atoms with Gasteiger partial charge in [-0.05, 0) is 18.8 Å². The largest absolute Gasteiger partial charge is 0.481 e. The van der Waals surface area contributed by atoms with Crippen LogP contribution in [0.3, 0.4) is 0 Å². The van der Waals surface area contributed by atoms with Gasteiger partial charge in [0.25, 0.3) is 0 Å². The summed E-state index contributed by atoms with van der Waals surface area (Å²) in [5, 5.41) is 17.8. The van der Waals surface area contributed by atoms with Crippen molar-refractivity contribution in [3.63, 3.8) is 0 Å². The third-order valence-corrected chi connectivity index (χ3v) is 2.75. The Bertz CT molecular complexity index is 178. The van der Waals surface area contributed by atoms with Crippen molar-refractivity contribution in [3.05, 3.63) is 0 Å². The molecule has 2 rings (SSSR count). The molecule has 0 radical (unpaired) electrons. The van der Waals surface area contributed by atoms with Crippen LogP contribution in [0.4, 0.5) is 0 Å². The zero-order chi connectivity index (χ0) is 7.30. The summed E-state index contributed by atoms with van der Waals surface area (Å²) in [7, 11) is 0. The molecular formula is C7H10O3. The van der Waals surface area contributed by atoms with Crippen LogP contribution in [0.2, 0.25) is 0 Å². The lowest BCUT2D eigenvalue weighted by Crippen LogP contribution is -2.12. The van der Waals surface area contributed by atoms with E-state index >= 15 is 0 Å². The van der Waals surface area contributed by atoms with E-state index in [-0.39, 0.29) is 17.9 Å². The lowest BCUT2D eigenvalue weighted by atomic mass is 10.1. The molecule has 2 N–H and O–H groups in total. The standard InChI is InChI=1S/C7H10O3/c8-4-2-1-3-5(4)6(3)7(9)10/h3-6,8H,1-2H2,(H,9,10)/t3-,4-,5-,6?/m1/s1. The van der Waals surface area contributed by atoms with Gasteiger partial charge in [-0.2, -0.15) is 0 Å². The third-order valence-electron chi connectivity index (χ3n) is 2.75. The molecule has 2 aliphatic carbocycles. The first-order valence-electron chi connectivity index (χ1n) is 3.62. The topological polar surface area (TPSA) is 57.5 Å². The Morgan fingerprint density at radius 2 is 2.10 bits per heavy atom. The minimum atomic E-state index is -0.728. The quantitative estimate of drug-likeness (QED) is 0.545. The molecule has 3 nitrogen and oxygen atoms in total. The van der Waals surface area contributed by atoms with E-state index in [4.69, 9.17) is 5.11 Å². The lowest BCUT2D eigenvalue weighted by molar-refractivity contribution is -0.139. The Morgan fingerprint density at radius 3 is 2.40 bits per heavy atom. The van der Waals surface area contributed by atoms with Gasteiger partial charge in [-0.25, -0.2) is 0 Å². The second-order valence-electron chi connectivity index (χ2n) is 3.25. The number of hydrogen-bond acceptors (Lipinski definition) is 2. The van der Waals surface area contributed by atoms with E-state index in [1.54, 1.807) is 0 Å². The van der Waals surface area contributed by atoms with E-state index in [1.807, 2.05) is 0 Å². The Kier molecular flexibility index (Phi) is 1.06. The second-order valence-corrected chi connectivity index (χ2v) is 3.25. The Hall–Kier alpha value is -0.570. The van der Waals surface area contributed by atoms with Gasteiger partial charge in [0.2, 0.25) is 0 Å². The Balaban J connectivity index is 2.05. The molecule has 0 bridgehead atoms. The van der Waals surface area contributed by atoms with Crippen LogP contribution in [0, 0.1) is 17.8 Å². The second kappa shape index (κ2) is 1.72. The van der Waals surface area contributed by atoms with Crippen molar-refractivity contribution >= 4 is 5.97 Å². The first kappa shape index (κ1) is 6.16. The number of aliphatic hydroxyl groups excluding tert-OH is 1. The maximum absolute atomic E-state index is 10.4. The van der Waals surface area contributed by atoms with Gasteiger partial charge in [0.1, 0.15) is 0 Å². The van der Waals surface area contributed by atoms with Crippen molar-refractivity contribution < 1.29 is 15.0 Å². The molecule has 0 aromatic rings. The molecule has 0 heterocycles. The summed E-state index contributed by atoms with van der Waals surface area (Å²) >= 11 is 0. The van der Waals surface area contributed by atoms with Gasteiger partial charge >= 0.3 is 5.97 Å². The van der Waals surface area contributed by atoms with Crippen LogP contribution in [0.25, 0.3) is 0 Å². The van der Waals surface area contributed by atoms with Crippen molar-refractivity contribution in [2.75, 3.05) is 0 Å². The molecule has 4 atom stereocenters. The monoisotopic (exact) mass is 142 g/mol. The van der Waals surface area contributed by atoms with Crippen molar-refractivity contribution in [3.8, 4) is 0 Å². The summed E-state index contributed by atoms with van der Waals surface area (Å²) in [4.78, 5) is 10.4. The summed E-state index contributed by atoms with van der Waals surface area (Å²) < 4.78 is 0. The van der Waals surface area contributed by atoms with Crippen LogP contribution in [-0.2, 0) is 4.79 Å². The maximum atomic E-state index is 10.4. The van der Waals surface area contributed by atoms with E-state index in [2.05, 4.69) is 0 Å². The molecule has 0 aromatic carbocycles. The van der Waals surface area contributed by atoms with E-state index in [0.717, 1.165) is 12.8 Å². The number of hydrogen-bond donors (Lipinski definition) is 2. The highest BCUT2D eigenvalue weighted by molar-refractivity contribution is 5.74. The molecule has 2 saturated carbocycles. The fraction of sp³-hybridized carbons (Fsp3) is 0.857. The number of carboxylic acids is 1. The summed E-state index contributed by atoms with van der Waals surface area (Å²) in [5.41, 5.74) is 0. The normalized spacial score (nSPS) is 50.5. The molecule has 10 heavy (non-hydrogen) atoms. The van der Waals surface area contributed by atoms with Gasteiger partial charge in [-0.15, -0.1) is 0 Å². The average molecular weight is 142 g/mol. The first-order chi connectivity index (χ1) is 4.72. The van der Waals surface area contributed by atoms with Crippen LogP contribution in [0.5, 0.6) is 0 Å².